The van der Waals surface area contributed by atoms with Crippen molar-refractivity contribution >= 4 is 38.9 Å². The molecular formula is C25H25ClN2O3S. The molecule has 0 saturated heterocycles. The maximum atomic E-state index is 13.3. The Hall–Kier alpha value is -2.83. The van der Waals surface area contributed by atoms with Crippen LogP contribution in [-0.2, 0) is 16.4 Å². The van der Waals surface area contributed by atoms with E-state index in [9.17, 15) is 13.2 Å². The van der Waals surface area contributed by atoms with Crippen LogP contribution < -0.4 is 9.62 Å². The number of hydrogen-bond acceptors (Lipinski definition) is 3. The number of aryl methyl sites for hydroxylation is 3. The zero-order valence-corrected chi connectivity index (χ0v) is 20.0. The highest BCUT2D eigenvalue weighted by molar-refractivity contribution is 7.92. The number of hydrogen-bond donors (Lipinski definition) is 1. The van der Waals surface area contributed by atoms with Gasteiger partial charge in [0.05, 0.1) is 10.6 Å². The van der Waals surface area contributed by atoms with E-state index in [-0.39, 0.29) is 16.8 Å². The fourth-order valence-electron chi connectivity index (χ4n) is 4.39. The molecular weight excluding hydrogens is 444 g/mol. The summed E-state index contributed by atoms with van der Waals surface area (Å²) >= 11 is 5.92. The second-order valence-electron chi connectivity index (χ2n) is 8.38. The van der Waals surface area contributed by atoms with Crippen molar-refractivity contribution in [3.63, 3.8) is 0 Å². The molecule has 0 bridgehead atoms. The highest BCUT2D eigenvalue weighted by atomic mass is 35.5. The van der Waals surface area contributed by atoms with Crippen molar-refractivity contribution in [2.24, 2.45) is 0 Å². The van der Waals surface area contributed by atoms with Gasteiger partial charge >= 0.3 is 0 Å². The molecule has 1 aliphatic heterocycles. The molecule has 0 unspecified atom stereocenters. The van der Waals surface area contributed by atoms with Gasteiger partial charge < -0.3 is 5.32 Å². The van der Waals surface area contributed by atoms with Crippen LogP contribution >= 0.6 is 11.6 Å². The molecule has 0 aliphatic carbocycles. The van der Waals surface area contributed by atoms with Gasteiger partial charge in [0.2, 0.25) is 0 Å². The Morgan fingerprint density at radius 3 is 2.25 bits per heavy atom. The van der Waals surface area contributed by atoms with Gasteiger partial charge in [0.15, 0.2) is 0 Å². The minimum atomic E-state index is -3.74. The number of carbonyl (C=O) groups is 1. The summed E-state index contributed by atoms with van der Waals surface area (Å²) in [6.45, 7) is 7.84. The van der Waals surface area contributed by atoms with E-state index < -0.39 is 10.0 Å². The number of halogens is 1. The maximum Gasteiger partial charge on any atom is 0.264 e. The monoisotopic (exact) mass is 468 g/mol. The van der Waals surface area contributed by atoms with E-state index in [0.717, 1.165) is 27.9 Å². The largest absolute Gasteiger partial charge is 0.322 e. The van der Waals surface area contributed by atoms with E-state index in [1.165, 1.54) is 16.4 Å². The molecule has 0 spiro atoms. The fourth-order valence-corrected chi connectivity index (χ4v) is 6.21. The number of fused-ring (bicyclic) bond motifs is 1. The standard InChI is InChI=1S/C25H25ClN2O3S/c1-15-11-16(2)24(17(3)12-15)27-25(29)19-5-10-23-20(14-19)13-18(4)28(23)32(30,31)22-8-6-21(26)7-9-22/h5-12,14,18H,13H2,1-4H3,(H,27,29)/t18-/m1/s1. The molecule has 5 nitrogen and oxygen atoms in total. The molecule has 1 N–H and O–H groups in total. The summed E-state index contributed by atoms with van der Waals surface area (Å²) in [5.74, 6) is -0.213. The molecule has 0 radical (unpaired) electrons. The highest BCUT2D eigenvalue weighted by Gasteiger charge is 2.36. The van der Waals surface area contributed by atoms with Gasteiger partial charge in [-0.3, -0.25) is 9.10 Å². The molecule has 166 valence electrons. The number of carbonyl (C=O) groups excluding carboxylic acids is 1. The SMILES string of the molecule is Cc1cc(C)c(NC(=O)c2ccc3c(c2)C[C@@H](C)N3S(=O)(=O)c2ccc(Cl)cc2)c(C)c1. The summed E-state index contributed by atoms with van der Waals surface area (Å²) in [5.41, 5.74) is 5.90. The van der Waals surface area contributed by atoms with Crippen LogP contribution in [0.3, 0.4) is 0 Å². The fraction of sp³-hybridized carbons (Fsp3) is 0.240. The first-order valence-corrected chi connectivity index (χ1v) is 12.2. The Bertz CT molecular complexity index is 1290. The molecule has 0 aromatic heterocycles. The van der Waals surface area contributed by atoms with E-state index in [4.69, 9.17) is 11.6 Å². The molecule has 32 heavy (non-hydrogen) atoms. The van der Waals surface area contributed by atoms with Crippen LogP contribution in [0.5, 0.6) is 0 Å². The van der Waals surface area contributed by atoms with Gasteiger partial charge in [-0.1, -0.05) is 29.3 Å². The third-order valence-corrected chi connectivity index (χ3v) is 7.98. The van der Waals surface area contributed by atoms with Crippen LogP contribution in [0.2, 0.25) is 5.02 Å². The molecule has 1 aliphatic rings. The third-order valence-electron chi connectivity index (χ3n) is 5.78. The van der Waals surface area contributed by atoms with Crippen molar-refractivity contribution in [2.75, 3.05) is 9.62 Å². The molecule has 4 rings (SSSR count). The van der Waals surface area contributed by atoms with E-state index in [1.807, 2.05) is 39.8 Å². The Morgan fingerprint density at radius 2 is 1.62 bits per heavy atom. The molecule has 1 heterocycles. The van der Waals surface area contributed by atoms with Gasteiger partial charge in [-0.25, -0.2) is 8.42 Å². The highest BCUT2D eigenvalue weighted by Crippen LogP contribution is 2.37. The summed E-state index contributed by atoms with van der Waals surface area (Å²) < 4.78 is 28.0. The van der Waals surface area contributed by atoms with E-state index in [1.54, 1.807) is 30.3 Å². The van der Waals surface area contributed by atoms with Crippen LogP contribution in [0.1, 0.15) is 39.5 Å². The van der Waals surface area contributed by atoms with Gasteiger partial charge in [0, 0.05) is 22.3 Å². The first-order chi connectivity index (χ1) is 15.1. The first kappa shape index (κ1) is 22.4. The lowest BCUT2D eigenvalue weighted by atomic mass is 10.0. The molecule has 0 fully saturated rings. The molecule has 0 saturated carbocycles. The van der Waals surface area contributed by atoms with Gasteiger partial charge in [-0.2, -0.15) is 0 Å². The van der Waals surface area contributed by atoms with Crippen molar-refractivity contribution < 1.29 is 13.2 Å². The zero-order valence-electron chi connectivity index (χ0n) is 18.4. The molecule has 3 aromatic rings. The van der Waals surface area contributed by atoms with Crippen LogP contribution in [0.25, 0.3) is 0 Å². The Labute approximate surface area is 194 Å². The Kier molecular flexibility index (Phi) is 5.77. The van der Waals surface area contributed by atoms with Crippen LogP contribution in [-0.4, -0.2) is 20.4 Å². The second kappa shape index (κ2) is 8.26. The van der Waals surface area contributed by atoms with E-state index in [0.29, 0.717) is 22.7 Å². The Morgan fingerprint density at radius 1 is 1.00 bits per heavy atom. The van der Waals surface area contributed by atoms with Gasteiger partial charge in [0.1, 0.15) is 0 Å². The number of amides is 1. The first-order valence-electron chi connectivity index (χ1n) is 10.4. The minimum Gasteiger partial charge on any atom is -0.322 e. The van der Waals surface area contributed by atoms with Crippen LogP contribution in [0.15, 0.2) is 59.5 Å². The summed E-state index contributed by atoms with van der Waals surface area (Å²) in [4.78, 5) is 13.1. The summed E-state index contributed by atoms with van der Waals surface area (Å²) in [6, 6.07) is 15.1. The predicted molar refractivity (Wildman–Crippen MR) is 129 cm³/mol. The van der Waals surface area contributed by atoms with Crippen molar-refractivity contribution in [1.29, 1.82) is 0 Å². The maximum absolute atomic E-state index is 13.3. The van der Waals surface area contributed by atoms with E-state index >= 15 is 0 Å². The average molecular weight is 469 g/mol. The molecule has 7 heteroatoms. The number of nitrogens with zero attached hydrogens (tertiary/aromatic N) is 1. The molecule has 3 aromatic carbocycles. The van der Waals surface area contributed by atoms with Gasteiger partial charge in [0.25, 0.3) is 15.9 Å². The van der Waals surface area contributed by atoms with E-state index in [2.05, 4.69) is 5.32 Å². The molecule has 1 amide bonds. The van der Waals surface area contributed by atoms with Crippen molar-refractivity contribution in [3.05, 3.63) is 87.4 Å². The second-order valence-corrected chi connectivity index (χ2v) is 10.6. The zero-order chi connectivity index (χ0) is 23.2. The number of sulfonamides is 1. The quantitative estimate of drug-likeness (QED) is 0.537. The van der Waals surface area contributed by atoms with Crippen molar-refractivity contribution in [2.45, 2.75) is 45.1 Å². The Balaban J connectivity index is 1.64. The summed E-state index contributed by atoms with van der Waals surface area (Å²) in [5, 5.41) is 3.49. The van der Waals surface area contributed by atoms with Gasteiger partial charge in [-0.05, 0) is 93.3 Å². The predicted octanol–water partition coefficient (Wildman–Crippen LogP) is 5.66. The number of rotatable bonds is 4. The van der Waals surface area contributed by atoms with Crippen LogP contribution in [0, 0.1) is 20.8 Å². The summed E-state index contributed by atoms with van der Waals surface area (Å²) in [6.07, 6.45) is 0.534. The smallest absolute Gasteiger partial charge is 0.264 e. The third kappa shape index (κ3) is 4.00. The number of anilines is 2. The number of nitrogens with one attached hydrogen (secondary N) is 1. The minimum absolute atomic E-state index is 0.189. The normalized spacial score (nSPS) is 15.5. The number of benzene rings is 3. The van der Waals surface area contributed by atoms with Crippen molar-refractivity contribution in [1.82, 2.24) is 0 Å². The lowest BCUT2D eigenvalue weighted by molar-refractivity contribution is 0.102. The van der Waals surface area contributed by atoms with Gasteiger partial charge in [-0.15, -0.1) is 0 Å². The topological polar surface area (TPSA) is 66.5 Å². The lowest BCUT2D eigenvalue weighted by Gasteiger charge is -2.24. The average Bonchev–Trinajstić information content (AvgIpc) is 3.06. The summed E-state index contributed by atoms with van der Waals surface area (Å²) in [7, 11) is -3.74. The molecule has 1 atom stereocenters. The van der Waals surface area contributed by atoms with Crippen molar-refractivity contribution in [3.8, 4) is 0 Å². The van der Waals surface area contributed by atoms with Crippen LogP contribution in [0.4, 0.5) is 11.4 Å². The lowest BCUT2D eigenvalue weighted by Crippen LogP contribution is -2.35.